The molecule has 0 saturated carbocycles. The Morgan fingerprint density at radius 2 is 1.29 bits per heavy atom. The lowest BCUT2D eigenvalue weighted by atomic mass is 10.2. The molecule has 0 aliphatic heterocycles. The second-order valence-electron chi connectivity index (χ2n) is 3.98. The van der Waals surface area contributed by atoms with Crippen LogP contribution in [0.25, 0.3) is 0 Å². The minimum Gasteiger partial charge on any atom is -0.293 e. The van der Waals surface area contributed by atoms with Gasteiger partial charge in [0.05, 0.1) is 10.6 Å². The Kier molecular flexibility index (Phi) is 4.62. The maximum absolute atomic E-state index is 13.4. The van der Waals surface area contributed by atoms with E-state index in [0.717, 1.165) is 0 Å². The molecule has 0 aliphatic carbocycles. The summed E-state index contributed by atoms with van der Waals surface area (Å²) in [6.07, 6.45) is 0. The van der Waals surface area contributed by atoms with E-state index in [1.54, 1.807) is 18.2 Å². The first-order chi connectivity index (χ1) is 9.93. The van der Waals surface area contributed by atoms with Crippen molar-refractivity contribution >= 4 is 17.5 Å². The fourth-order valence-corrected chi connectivity index (χ4v) is 2.43. The van der Waals surface area contributed by atoms with Gasteiger partial charge < -0.3 is 0 Å². The Balaban J connectivity index is 2.23. The van der Waals surface area contributed by atoms with E-state index in [1.807, 2.05) is 0 Å². The molecule has 0 radical (unpaired) electrons. The lowest BCUT2D eigenvalue weighted by molar-refractivity contribution is 0.102. The highest BCUT2D eigenvalue weighted by Crippen LogP contribution is 2.31. The molecule has 2 aromatic rings. The standard InChI is InChI=1S/C14H7F5OS/c15-9-10(16)12(18)14(13(19)11(9)17)21-6-8(20)7-4-2-1-3-5-7/h1-5H,6H2. The van der Waals surface area contributed by atoms with Crippen LogP contribution in [0.1, 0.15) is 10.4 Å². The average Bonchev–Trinajstić information content (AvgIpc) is 2.51. The van der Waals surface area contributed by atoms with Crippen molar-refractivity contribution in [2.24, 2.45) is 0 Å². The lowest BCUT2D eigenvalue weighted by Gasteiger charge is -2.07. The van der Waals surface area contributed by atoms with Crippen LogP contribution in [-0.4, -0.2) is 11.5 Å². The lowest BCUT2D eigenvalue weighted by Crippen LogP contribution is -2.06. The van der Waals surface area contributed by atoms with Gasteiger partial charge >= 0.3 is 0 Å². The van der Waals surface area contributed by atoms with Crippen molar-refractivity contribution in [1.82, 2.24) is 0 Å². The minimum atomic E-state index is -2.22. The van der Waals surface area contributed by atoms with Crippen molar-refractivity contribution in [2.45, 2.75) is 4.90 Å². The molecule has 1 nitrogen and oxygen atoms in total. The van der Waals surface area contributed by atoms with Crippen LogP contribution >= 0.6 is 11.8 Å². The molecule has 0 fully saturated rings. The normalized spacial score (nSPS) is 10.7. The van der Waals surface area contributed by atoms with E-state index in [1.165, 1.54) is 12.1 Å². The van der Waals surface area contributed by atoms with Gasteiger partial charge in [0.2, 0.25) is 5.82 Å². The van der Waals surface area contributed by atoms with Crippen LogP contribution in [0.3, 0.4) is 0 Å². The molecular formula is C14H7F5OS. The molecule has 0 aromatic heterocycles. The van der Waals surface area contributed by atoms with Gasteiger partial charge in [-0.1, -0.05) is 30.3 Å². The monoisotopic (exact) mass is 318 g/mol. The van der Waals surface area contributed by atoms with Crippen LogP contribution in [0.4, 0.5) is 22.0 Å². The molecule has 110 valence electrons. The zero-order chi connectivity index (χ0) is 15.6. The van der Waals surface area contributed by atoms with Crippen molar-refractivity contribution < 1.29 is 26.7 Å². The Bertz CT molecular complexity index is 659. The topological polar surface area (TPSA) is 17.1 Å². The highest BCUT2D eigenvalue weighted by molar-refractivity contribution is 8.00. The van der Waals surface area contributed by atoms with Crippen molar-refractivity contribution in [3.8, 4) is 0 Å². The van der Waals surface area contributed by atoms with E-state index < -0.39 is 45.5 Å². The predicted octanol–water partition coefficient (Wildman–Crippen LogP) is 4.36. The summed E-state index contributed by atoms with van der Waals surface area (Å²) in [5, 5.41) is 0. The van der Waals surface area contributed by atoms with Gasteiger partial charge in [-0.2, -0.15) is 0 Å². The minimum absolute atomic E-state index is 0.267. The van der Waals surface area contributed by atoms with Crippen LogP contribution in [0, 0.1) is 29.1 Å². The molecule has 0 N–H and O–H groups in total. The van der Waals surface area contributed by atoms with Crippen LogP contribution in [0.15, 0.2) is 35.2 Å². The van der Waals surface area contributed by atoms with Crippen LogP contribution in [0.5, 0.6) is 0 Å². The van der Waals surface area contributed by atoms with Crippen LogP contribution in [-0.2, 0) is 0 Å². The largest absolute Gasteiger partial charge is 0.293 e. The van der Waals surface area contributed by atoms with Crippen molar-refractivity contribution in [2.75, 3.05) is 5.75 Å². The summed E-state index contributed by atoms with van der Waals surface area (Å²) >= 11 is 0.267. The number of benzene rings is 2. The summed E-state index contributed by atoms with van der Waals surface area (Å²) < 4.78 is 65.6. The molecule has 0 heterocycles. The molecule has 0 unspecified atom stereocenters. The number of carbonyl (C=O) groups is 1. The molecule has 7 heteroatoms. The molecule has 0 atom stereocenters. The van der Waals surface area contributed by atoms with Gasteiger partial charge in [0, 0.05) is 5.56 Å². The molecule has 0 amide bonds. The molecule has 2 aromatic carbocycles. The Morgan fingerprint density at radius 3 is 1.81 bits per heavy atom. The number of Topliss-reactive ketones (excluding diaryl/α,β-unsaturated/α-hetero) is 1. The molecule has 21 heavy (non-hydrogen) atoms. The third-order valence-corrected chi connectivity index (χ3v) is 3.67. The van der Waals surface area contributed by atoms with E-state index in [9.17, 15) is 26.7 Å². The van der Waals surface area contributed by atoms with Crippen LogP contribution in [0.2, 0.25) is 0 Å². The Morgan fingerprint density at radius 1 is 0.810 bits per heavy atom. The molecular weight excluding hydrogens is 311 g/mol. The third kappa shape index (κ3) is 3.07. The molecule has 2 rings (SSSR count). The molecule has 0 aliphatic rings. The fraction of sp³-hybridized carbons (Fsp3) is 0.0714. The number of halogens is 5. The molecule has 0 saturated heterocycles. The summed E-state index contributed by atoms with van der Waals surface area (Å²) in [5.41, 5.74) is 0.286. The average molecular weight is 318 g/mol. The van der Waals surface area contributed by atoms with E-state index in [-0.39, 0.29) is 17.3 Å². The number of hydrogen-bond donors (Lipinski definition) is 0. The van der Waals surface area contributed by atoms with E-state index >= 15 is 0 Å². The highest BCUT2D eigenvalue weighted by atomic mass is 32.2. The number of hydrogen-bond acceptors (Lipinski definition) is 2. The summed E-state index contributed by atoms with van der Waals surface area (Å²) in [6, 6.07) is 7.84. The van der Waals surface area contributed by atoms with E-state index in [0.29, 0.717) is 0 Å². The SMILES string of the molecule is O=C(CSc1c(F)c(F)c(F)c(F)c1F)c1ccccc1. The number of thioether (sulfide) groups is 1. The van der Waals surface area contributed by atoms with E-state index in [4.69, 9.17) is 0 Å². The van der Waals surface area contributed by atoms with Gasteiger partial charge in [-0.15, -0.1) is 11.8 Å². The number of rotatable bonds is 4. The Labute approximate surface area is 120 Å². The third-order valence-electron chi connectivity index (χ3n) is 2.61. The zero-order valence-corrected chi connectivity index (χ0v) is 11.1. The van der Waals surface area contributed by atoms with Gasteiger partial charge in [0.1, 0.15) is 0 Å². The van der Waals surface area contributed by atoms with Gasteiger partial charge in [-0.25, -0.2) is 22.0 Å². The summed E-state index contributed by atoms with van der Waals surface area (Å²) in [4.78, 5) is 10.7. The van der Waals surface area contributed by atoms with Crippen molar-refractivity contribution in [3.63, 3.8) is 0 Å². The summed E-state index contributed by atoms with van der Waals surface area (Å²) in [7, 11) is 0. The number of carbonyl (C=O) groups excluding carboxylic acids is 1. The maximum atomic E-state index is 13.4. The quantitative estimate of drug-likeness (QED) is 0.274. The van der Waals surface area contributed by atoms with Gasteiger partial charge in [0.15, 0.2) is 29.1 Å². The fourth-order valence-electron chi connectivity index (χ4n) is 1.56. The van der Waals surface area contributed by atoms with Crippen molar-refractivity contribution in [3.05, 3.63) is 65.0 Å². The second-order valence-corrected chi connectivity index (χ2v) is 4.96. The Hall–Kier alpha value is -1.89. The van der Waals surface area contributed by atoms with Gasteiger partial charge in [0.25, 0.3) is 0 Å². The first kappa shape index (κ1) is 15.5. The smallest absolute Gasteiger partial charge is 0.200 e. The first-order valence-corrected chi connectivity index (χ1v) is 6.64. The zero-order valence-electron chi connectivity index (χ0n) is 10.3. The van der Waals surface area contributed by atoms with Gasteiger partial charge in [-0.3, -0.25) is 4.79 Å². The maximum Gasteiger partial charge on any atom is 0.200 e. The summed E-state index contributed by atoms with van der Waals surface area (Å²) in [6.45, 7) is 0. The van der Waals surface area contributed by atoms with Gasteiger partial charge in [-0.05, 0) is 0 Å². The molecule has 0 bridgehead atoms. The highest BCUT2D eigenvalue weighted by Gasteiger charge is 2.26. The van der Waals surface area contributed by atoms with E-state index in [2.05, 4.69) is 0 Å². The predicted molar refractivity (Wildman–Crippen MR) is 67.7 cm³/mol. The summed E-state index contributed by atoms with van der Waals surface area (Å²) in [5.74, 6) is -11.1. The molecule has 0 spiro atoms. The first-order valence-electron chi connectivity index (χ1n) is 5.66. The number of ketones is 1. The second kappa shape index (κ2) is 6.26. The van der Waals surface area contributed by atoms with Crippen LogP contribution < -0.4 is 0 Å². The van der Waals surface area contributed by atoms with Crippen molar-refractivity contribution in [1.29, 1.82) is 0 Å².